The van der Waals surface area contributed by atoms with Crippen LogP contribution in [0.3, 0.4) is 0 Å². The Hall–Kier alpha value is 0.230. The predicted octanol–water partition coefficient (Wildman–Crippen LogP) is -0.703. The second kappa shape index (κ2) is 1.63. The Labute approximate surface area is 52.1 Å². The molecule has 1 atom stereocenters. The Morgan fingerprint density at radius 1 is 1.56 bits per heavy atom. The smallest absolute Gasteiger partial charge is 0.342 e. The largest absolute Gasteiger partial charge is 0.393 e. The lowest BCUT2D eigenvalue weighted by Crippen LogP contribution is -2.44. The highest BCUT2D eigenvalue weighted by Crippen LogP contribution is 2.66. The van der Waals surface area contributed by atoms with Gasteiger partial charge in [-0.05, 0) is 0 Å². The molecule has 52 valence electrons. The van der Waals surface area contributed by atoms with Gasteiger partial charge in [-0.1, -0.05) is 0 Å². The molecule has 5 nitrogen and oxygen atoms in total. The molecule has 0 aromatic heterocycles. The van der Waals surface area contributed by atoms with Crippen LogP contribution in [-0.2, 0) is 13.6 Å². The fraction of sp³-hybridized carbons (Fsp3) is 1.00. The summed E-state index contributed by atoms with van der Waals surface area (Å²) in [6.45, 7) is -0.282. The van der Waals surface area contributed by atoms with E-state index in [-0.39, 0.29) is 6.61 Å². The topological polar surface area (TPSA) is 68.2 Å². The van der Waals surface area contributed by atoms with Gasteiger partial charge in [0.15, 0.2) is 6.10 Å². The molecule has 2 bridgehead atoms. The Bertz CT molecular complexity index is 132. The quantitative estimate of drug-likeness (QED) is 0.486. The molecule has 3 aliphatic rings. The van der Waals surface area contributed by atoms with E-state index in [4.69, 9.17) is 14.7 Å². The van der Waals surface area contributed by atoms with Crippen LogP contribution in [0.2, 0.25) is 0 Å². The molecule has 3 heterocycles. The van der Waals surface area contributed by atoms with Gasteiger partial charge in [0.1, 0.15) is 0 Å². The second-order valence-electron chi connectivity index (χ2n) is 1.81. The molecule has 0 spiro atoms. The Morgan fingerprint density at radius 3 is 2.44 bits per heavy atom. The maximum Gasteiger partial charge on any atom is 0.342 e. The van der Waals surface area contributed by atoms with Gasteiger partial charge in [0.2, 0.25) is 0 Å². The first-order valence-electron chi connectivity index (χ1n) is 2.43. The van der Waals surface area contributed by atoms with E-state index in [0.717, 1.165) is 0 Å². The maximum atomic E-state index is 9.01. The summed E-state index contributed by atoms with van der Waals surface area (Å²) < 4.78 is 14.1. The molecule has 3 aliphatic heterocycles. The van der Waals surface area contributed by atoms with Crippen LogP contribution in [0, 0.1) is 0 Å². The van der Waals surface area contributed by atoms with Crippen molar-refractivity contribution in [3.8, 4) is 0 Å². The van der Waals surface area contributed by atoms with Crippen LogP contribution in [0.4, 0.5) is 0 Å². The van der Waals surface area contributed by atoms with E-state index in [0.29, 0.717) is 0 Å². The lowest BCUT2D eigenvalue weighted by atomic mass is 10.3. The molecule has 0 aromatic rings. The molecule has 0 aromatic carbocycles. The van der Waals surface area contributed by atoms with Crippen molar-refractivity contribution in [2.75, 3.05) is 6.61 Å². The SMILES string of the molecule is OCC1OP2OC1(O)O2. The van der Waals surface area contributed by atoms with Gasteiger partial charge in [0.25, 0.3) is 0 Å². The van der Waals surface area contributed by atoms with Crippen molar-refractivity contribution in [3.05, 3.63) is 0 Å². The first-order valence-corrected chi connectivity index (χ1v) is 3.52. The molecule has 0 radical (unpaired) electrons. The summed E-state index contributed by atoms with van der Waals surface area (Å²) in [6.07, 6.45) is -0.719. The average Bonchev–Trinajstić information content (AvgIpc) is 2.18. The average molecular weight is 152 g/mol. The van der Waals surface area contributed by atoms with Gasteiger partial charge in [-0.3, -0.25) is 13.6 Å². The van der Waals surface area contributed by atoms with Crippen molar-refractivity contribution in [3.63, 3.8) is 0 Å². The molecule has 0 amide bonds. The fourth-order valence-electron chi connectivity index (χ4n) is 0.700. The lowest BCUT2D eigenvalue weighted by molar-refractivity contribution is -0.319. The second-order valence-corrected chi connectivity index (χ2v) is 2.84. The summed E-state index contributed by atoms with van der Waals surface area (Å²) in [4.78, 5) is 0. The predicted molar refractivity (Wildman–Crippen MR) is 26.0 cm³/mol. The Kier molecular flexibility index (Phi) is 1.08. The van der Waals surface area contributed by atoms with Gasteiger partial charge < -0.3 is 10.2 Å². The third kappa shape index (κ3) is 0.646. The zero-order chi connectivity index (χ0) is 6.48. The summed E-state index contributed by atoms with van der Waals surface area (Å²) in [7, 11) is -1.33. The number of hydrogen-bond acceptors (Lipinski definition) is 5. The molecule has 3 fully saturated rings. The molecule has 0 saturated carbocycles. The Morgan fingerprint density at radius 2 is 2.22 bits per heavy atom. The van der Waals surface area contributed by atoms with E-state index in [9.17, 15) is 0 Å². The van der Waals surface area contributed by atoms with Crippen molar-refractivity contribution in [1.82, 2.24) is 0 Å². The zero-order valence-corrected chi connectivity index (χ0v) is 5.25. The van der Waals surface area contributed by atoms with Crippen molar-refractivity contribution in [2.45, 2.75) is 12.1 Å². The molecule has 3 rings (SSSR count). The first-order chi connectivity index (χ1) is 4.24. The Balaban J connectivity index is 2.11. The molecular formula is C3H5O5P. The molecule has 3 saturated heterocycles. The van der Waals surface area contributed by atoms with Crippen LogP contribution < -0.4 is 0 Å². The maximum absolute atomic E-state index is 9.01. The molecular weight excluding hydrogens is 147 g/mol. The van der Waals surface area contributed by atoms with E-state index in [1.807, 2.05) is 0 Å². The third-order valence-corrected chi connectivity index (χ3v) is 2.44. The summed E-state index contributed by atoms with van der Waals surface area (Å²) >= 11 is 0. The first kappa shape index (κ1) is 5.97. The monoisotopic (exact) mass is 152 g/mol. The summed E-state index contributed by atoms with van der Waals surface area (Å²) in [5.74, 6) is -1.64. The minimum Gasteiger partial charge on any atom is -0.393 e. The van der Waals surface area contributed by atoms with Crippen molar-refractivity contribution in [1.29, 1.82) is 0 Å². The third-order valence-electron chi connectivity index (χ3n) is 1.20. The highest BCUT2D eigenvalue weighted by atomic mass is 31.2. The summed E-state index contributed by atoms with van der Waals surface area (Å²) in [6, 6.07) is 0. The van der Waals surface area contributed by atoms with E-state index >= 15 is 0 Å². The van der Waals surface area contributed by atoms with E-state index in [1.54, 1.807) is 0 Å². The summed E-state index contributed by atoms with van der Waals surface area (Å²) in [5.41, 5.74) is 0. The van der Waals surface area contributed by atoms with Crippen molar-refractivity contribution >= 4 is 8.60 Å². The lowest BCUT2D eigenvalue weighted by Gasteiger charge is -2.29. The molecule has 9 heavy (non-hydrogen) atoms. The van der Waals surface area contributed by atoms with Gasteiger partial charge in [0, 0.05) is 0 Å². The van der Waals surface area contributed by atoms with E-state index in [1.165, 1.54) is 0 Å². The van der Waals surface area contributed by atoms with Gasteiger partial charge in [-0.25, -0.2) is 0 Å². The number of aliphatic hydroxyl groups is 2. The summed E-state index contributed by atoms with van der Waals surface area (Å²) in [5, 5.41) is 17.5. The van der Waals surface area contributed by atoms with Crippen LogP contribution in [-0.4, -0.2) is 28.9 Å². The van der Waals surface area contributed by atoms with Gasteiger partial charge in [0.05, 0.1) is 6.61 Å². The minimum absolute atomic E-state index is 0.282. The normalized spacial score (nSPS) is 55.3. The van der Waals surface area contributed by atoms with Crippen LogP contribution >= 0.6 is 8.60 Å². The van der Waals surface area contributed by atoms with Crippen molar-refractivity contribution in [2.24, 2.45) is 0 Å². The number of hydrogen-bond donors (Lipinski definition) is 2. The van der Waals surface area contributed by atoms with E-state index in [2.05, 4.69) is 9.05 Å². The molecule has 6 heteroatoms. The van der Waals surface area contributed by atoms with Gasteiger partial charge in [-0.15, -0.1) is 0 Å². The fourth-order valence-corrected chi connectivity index (χ4v) is 1.87. The highest BCUT2D eigenvalue weighted by Gasteiger charge is 2.64. The van der Waals surface area contributed by atoms with Crippen LogP contribution in [0.5, 0.6) is 0 Å². The number of fused-ring (bicyclic) bond motifs is 1. The van der Waals surface area contributed by atoms with Crippen LogP contribution in [0.1, 0.15) is 0 Å². The zero-order valence-electron chi connectivity index (χ0n) is 4.35. The van der Waals surface area contributed by atoms with Crippen LogP contribution in [0.15, 0.2) is 0 Å². The molecule has 2 N–H and O–H groups in total. The van der Waals surface area contributed by atoms with Gasteiger partial charge >= 0.3 is 14.6 Å². The van der Waals surface area contributed by atoms with Crippen LogP contribution in [0.25, 0.3) is 0 Å². The molecule has 1 unspecified atom stereocenters. The minimum atomic E-state index is -1.64. The number of rotatable bonds is 1. The number of aliphatic hydroxyl groups excluding tert-OH is 1. The van der Waals surface area contributed by atoms with Gasteiger partial charge in [-0.2, -0.15) is 0 Å². The van der Waals surface area contributed by atoms with Crippen molar-refractivity contribution < 1.29 is 23.8 Å². The van der Waals surface area contributed by atoms with E-state index < -0.39 is 20.7 Å². The standard InChI is InChI=1S/C3H5O5P/c4-1-2-3(5)7-9(6-2)8-3/h2,4-5H,1H2. The highest BCUT2D eigenvalue weighted by molar-refractivity contribution is 7.43. The molecule has 0 aliphatic carbocycles.